The summed E-state index contributed by atoms with van der Waals surface area (Å²) in [4.78, 5) is 8.21. The van der Waals surface area contributed by atoms with Crippen LogP contribution in [0.3, 0.4) is 0 Å². The Morgan fingerprint density at radius 3 is 2.17 bits per heavy atom. The highest BCUT2D eigenvalue weighted by Crippen LogP contribution is 1.64. The van der Waals surface area contributed by atoms with Gasteiger partial charge in [-0.25, -0.2) is 0 Å². The fourth-order valence-electron chi connectivity index (χ4n) is 0. The van der Waals surface area contributed by atoms with Gasteiger partial charge in [0.05, 0.1) is 0 Å². The summed E-state index contributed by atoms with van der Waals surface area (Å²) >= 11 is 0. The van der Waals surface area contributed by atoms with Gasteiger partial charge in [-0.05, 0) is 5.53 Å². The zero-order valence-electron chi connectivity index (χ0n) is 2.71. The van der Waals surface area contributed by atoms with E-state index in [1.54, 1.807) is 0 Å². The van der Waals surface area contributed by atoms with Crippen LogP contribution < -0.4 is 0 Å². The van der Waals surface area contributed by atoms with Gasteiger partial charge in [0.25, 0.3) is 0 Å². The Morgan fingerprint density at radius 1 is 2.00 bits per heavy atom. The van der Waals surface area contributed by atoms with E-state index >= 15 is 0 Å². The monoisotopic (exact) mass is 90.0 g/mol. The van der Waals surface area contributed by atoms with E-state index < -0.39 is 11.0 Å². The topological polar surface area (TPSA) is 87.2 Å². The van der Waals surface area contributed by atoms with Crippen LogP contribution in [0.15, 0.2) is 0 Å². The molecule has 5 nitrogen and oxygen atoms in total. The van der Waals surface area contributed by atoms with Gasteiger partial charge >= 0.3 is 6.09 Å². The van der Waals surface area contributed by atoms with Gasteiger partial charge in [-0.15, -0.1) is 0 Å². The van der Waals surface area contributed by atoms with Crippen molar-refractivity contribution in [1.29, 1.82) is 5.53 Å². The van der Waals surface area contributed by atoms with Crippen molar-refractivity contribution < 1.29 is 14.8 Å². The lowest BCUT2D eigenvalue weighted by Crippen LogP contribution is -2.05. The van der Waals surface area contributed by atoms with Gasteiger partial charge in [0.15, 0.2) is 0 Å². The van der Waals surface area contributed by atoms with Gasteiger partial charge in [0.2, 0.25) is 0 Å². The molecule has 0 aromatic carbocycles. The molecule has 0 aromatic heterocycles. The van der Waals surface area contributed by atoms with E-state index in [1.807, 2.05) is 0 Å². The molecule has 5 heteroatoms. The molecule has 0 aliphatic heterocycles. The van der Waals surface area contributed by atoms with Crippen molar-refractivity contribution in [3.8, 4) is 0 Å². The van der Waals surface area contributed by atoms with E-state index in [4.69, 9.17) is 20.6 Å². The molecule has 2 N–H and O–H groups in total. The molecule has 0 radical (unpaired) electrons. The predicted molar refractivity (Wildman–Crippen MR) is 14.4 cm³/mol. The molecule has 34 valence electrons. The minimum atomic E-state index is -1.80. The molecule has 0 bridgehead atoms. The van der Waals surface area contributed by atoms with Crippen molar-refractivity contribution in [2.24, 2.45) is 0 Å². The molecule has 6 heavy (non-hydrogen) atoms. The second-order valence-electron chi connectivity index (χ2n) is 0.577. The average molecular weight is 90.0 g/mol. The highest BCUT2D eigenvalue weighted by Gasteiger charge is 2.01. The fraction of sp³-hybridized carbons (Fsp3) is 0. The van der Waals surface area contributed by atoms with E-state index in [9.17, 15) is 0 Å². The number of carbonyl (C=O) groups is 1. The first-order chi connectivity index (χ1) is 2.64. The molecular formula is CH2N2O3. The lowest BCUT2D eigenvalue weighted by Gasteiger charge is -1.80. The first kappa shape index (κ1) is 4.87. The third kappa shape index (κ3) is 1.22. The average Bonchev–Trinajstić information content (AvgIpc) is 1.36. The maximum atomic E-state index is 9.13. The molecule has 0 unspecified atom stereocenters. The van der Waals surface area contributed by atoms with Crippen molar-refractivity contribution in [2.45, 2.75) is 0 Å². The molecule has 0 aliphatic rings. The maximum absolute atomic E-state index is 9.13. The van der Waals surface area contributed by atoms with Crippen LogP contribution >= 0.6 is 0 Å². The Balaban J connectivity index is 3.57. The summed E-state index contributed by atoms with van der Waals surface area (Å²) in [6.45, 7) is 0. The summed E-state index contributed by atoms with van der Waals surface area (Å²) in [6.07, 6.45) is -1.80. The Kier molecular flexibility index (Phi) is 1.09. The molecule has 0 saturated heterocycles. The van der Waals surface area contributed by atoms with Crippen LogP contribution in [0.25, 0.3) is 0 Å². The first-order valence-corrected chi connectivity index (χ1v) is 1.06. The molecular weight excluding hydrogens is 88.0 g/mol. The van der Waals surface area contributed by atoms with E-state index in [2.05, 4.69) is 0 Å². The van der Waals surface area contributed by atoms with Crippen LogP contribution in [0.1, 0.15) is 0 Å². The number of nitrogens with zero attached hydrogens (tertiary/aromatic N) is 1. The minimum Gasteiger partial charge on any atom is -0.589 e. The Labute approximate surface area is 32.9 Å². The lowest BCUT2D eigenvalue weighted by molar-refractivity contribution is -0.467. The maximum Gasteiger partial charge on any atom is 0.632 e. The van der Waals surface area contributed by atoms with Gasteiger partial charge in [0.1, 0.15) is 0 Å². The summed E-state index contributed by atoms with van der Waals surface area (Å²) in [6, 6.07) is 0. The van der Waals surface area contributed by atoms with Crippen molar-refractivity contribution >= 4 is 6.09 Å². The van der Waals surface area contributed by atoms with Crippen molar-refractivity contribution in [1.82, 2.24) is 0 Å². The number of amides is 1. The highest BCUT2D eigenvalue weighted by atomic mass is 16.6. The van der Waals surface area contributed by atoms with Crippen LogP contribution in [-0.2, 0) is 0 Å². The van der Waals surface area contributed by atoms with Crippen LogP contribution in [0.2, 0.25) is 0 Å². The first-order valence-electron chi connectivity index (χ1n) is 1.06. The molecule has 1 amide bonds. The summed E-state index contributed by atoms with van der Waals surface area (Å²) in [5, 5.41) is 16.5. The number of carboxylic acid groups (broad SMARTS) is 1. The van der Waals surface area contributed by atoms with E-state index in [0.29, 0.717) is 0 Å². The summed E-state index contributed by atoms with van der Waals surface area (Å²) in [7, 11) is 0. The van der Waals surface area contributed by atoms with Gasteiger partial charge < -0.3 is 10.3 Å². The van der Waals surface area contributed by atoms with Crippen molar-refractivity contribution in [3.63, 3.8) is 0 Å². The number of rotatable bonds is 0. The number of hydrogen-bond acceptors (Lipinski definition) is 3. The zero-order valence-corrected chi connectivity index (χ0v) is 2.71. The van der Waals surface area contributed by atoms with E-state index in [1.165, 1.54) is 0 Å². The number of hydroxylamine groups is 1. The predicted octanol–water partition coefficient (Wildman–Crippen LogP) is 0.206. The van der Waals surface area contributed by atoms with Crippen LogP contribution in [-0.4, -0.2) is 16.1 Å². The molecule has 0 fully saturated rings. The molecule has 0 saturated carbocycles. The van der Waals surface area contributed by atoms with Gasteiger partial charge in [-0.2, -0.15) is 4.79 Å². The van der Waals surface area contributed by atoms with Crippen LogP contribution in [0.4, 0.5) is 4.79 Å². The summed E-state index contributed by atoms with van der Waals surface area (Å²) < 4.78 is 0. The normalized spacial score (nSPS) is 7.33. The van der Waals surface area contributed by atoms with E-state index in [0.717, 1.165) is 0 Å². The quantitative estimate of drug-likeness (QED) is 0.253. The van der Waals surface area contributed by atoms with Gasteiger partial charge in [-0.3, -0.25) is 0 Å². The highest BCUT2D eigenvalue weighted by molar-refractivity contribution is 5.53. The van der Waals surface area contributed by atoms with E-state index in [-0.39, 0.29) is 0 Å². The van der Waals surface area contributed by atoms with Crippen LogP contribution in [0, 0.1) is 10.7 Å². The molecule has 0 heterocycles. The van der Waals surface area contributed by atoms with Crippen molar-refractivity contribution in [3.05, 3.63) is 5.21 Å². The Bertz CT molecular complexity index is 74.8. The number of nitrogens with one attached hydrogen (secondary N) is 1. The Morgan fingerprint density at radius 2 is 2.17 bits per heavy atom. The SMILES string of the molecule is N=[N+]([O-])C(=O)O. The largest absolute Gasteiger partial charge is 0.632 e. The second kappa shape index (κ2) is 1.34. The molecule has 0 aliphatic carbocycles. The smallest absolute Gasteiger partial charge is 0.589 e. The standard InChI is InChI=1S/CH2N2O3/c2-3(6)1(4)5/h2H,(H,4,5). The third-order valence-electron chi connectivity index (χ3n) is 0.174. The van der Waals surface area contributed by atoms with Crippen LogP contribution in [0.5, 0.6) is 0 Å². The molecule has 0 aromatic rings. The third-order valence-corrected chi connectivity index (χ3v) is 0.174. The summed E-state index contributed by atoms with van der Waals surface area (Å²) in [5.41, 5.74) is 5.71. The lowest BCUT2D eigenvalue weighted by atomic mass is 11.3. The molecule has 0 rings (SSSR count). The zero-order chi connectivity index (χ0) is 5.15. The van der Waals surface area contributed by atoms with Gasteiger partial charge in [-0.1, -0.05) is 0 Å². The molecule has 0 atom stereocenters. The Hall–Kier alpha value is -1.13. The number of hydrogen-bond donors (Lipinski definition) is 2. The van der Waals surface area contributed by atoms with Gasteiger partial charge in [0, 0.05) is 4.86 Å². The molecule has 0 spiro atoms. The fourth-order valence-corrected chi connectivity index (χ4v) is 0. The minimum absolute atomic E-state index is 0.917. The van der Waals surface area contributed by atoms with Crippen molar-refractivity contribution in [2.75, 3.05) is 0 Å². The summed E-state index contributed by atoms with van der Waals surface area (Å²) in [5.74, 6) is 0. The second-order valence-corrected chi connectivity index (χ2v) is 0.577.